The van der Waals surface area contributed by atoms with Crippen molar-refractivity contribution in [2.75, 3.05) is 9.80 Å². The van der Waals surface area contributed by atoms with Gasteiger partial charge in [0.2, 0.25) is 0 Å². The molecule has 0 bridgehead atoms. The van der Waals surface area contributed by atoms with Gasteiger partial charge in [-0.25, -0.2) is 0 Å². The lowest BCUT2D eigenvalue weighted by molar-refractivity contribution is 0.717. The molecule has 0 radical (unpaired) electrons. The van der Waals surface area contributed by atoms with Gasteiger partial charge >= 0.3 is 0 Å². The minimum atomic E-state index is 0.903. The Labute approximate surface area is 229 Å². The lowest BCUT2D eigenvalue weighted by atomic mass is 9.91. The fourth-order valence-electron chi connectivity index (χ4n) is 6.07. The number of anilines is 2. The number of rotatable bonds is 2. The van der Waals surface area contributed by atoms with E-state index in [0.717, 1.165) is 26.2 Å². The zero-order chi connectivity index (χ0) is 27.1. The highest BCUT2D eigenvalue weighted by molar-refractivity contribution is 5.61. The molecular weight excluding hydrogens is 460 g/mol. The van der Waals surface area contributed by atoms with Gasteiger partial charge < -0.3 is 9.80 Å². The molecular formula is C36H42N2. The molecule has 0 N–H and O–H groups in total. The Morgan fingerprint density at radius 3 is 0.921 bits per heavy atom. The summed E-state index contributed by atoms with van der Waals surface area (Å²) < 4.78 is 0. The summed E-state index contributed by atoms with van der Waals surface area (Å²) in [5.74, 6) is 0. The number of hydrogen-bond donors (Lipinski definition) is 0. The van der Waals surface area contributed by atoms with Crippen LogP contribution >= 0.6 is 0 Å². The molecule has 1 aliphatic heterocycles. The second-order valence-electron chi connectivity index (χ2n) is 11.6. The Bertz CT molecular complexity index is 1330. The maximum atomic E-state index is 2.63. The molecule has 0 amide bonds. The molecule has 1 aliphatic rings. The standard InChI is InChI=1S/C36H42N2/c1-23-9-11-29(7)35(17-23)37-19-31-25(3)13-15-27(5)33(31)21-38(36-18-24(2)10-12-30(36)8)22-34-28(6)16-14-26(4)32(34)20-37/h9-18H,19-22H2,1-8H3. The molecule has 0 saturated carbocycles. The van der Waals surface area contributed by atoms with Crippen LogP contribution in [0.25, 0.3) is 0 Å². The minimum Gasteiger partial charge on any atom is -0.363 e. The van der Waals surface area contributed by atoms with E-state index in [0.29, 0.717) is 0 Å². The lowest BCUT2D eigenvalue weighted by Gasteiger charge is -2.36. The normalized spacial score (nSPS) is 13.8. The van der Waals surface area contributed by atoms with Gasteiger partial charge in [0.25, 0.3) is 0 Å². The van der Waals surface area contributed by atoms with Crippen molar-refractivity contribution in [3.63, 3.8) is 0 Å². The number of aryl methyl sites for hydroxylation is 8. The average molecular weight is 503 g/mol. The van der Waals surface area contributed by atoms with E-state index in [1.807, 2.05) is 0 Å². The first-order valence-corrected chi connectivity index (χ1v) is 13.9. The molecule has 0 atom stereocenters. The predicted molar refractivity (Wildman–Crippen MR) is 163 cm³/mol. The van der Waals surface area contributed by atoms with Crippen LogP contribution in [0.5, 0.6) is 0 Å². The van der Waals surface area contributed by atoms with Crippen LogP contribution in [0.15, 0.2) is 60.7 Å². The van der Waals surface area contributed by atoms with Gasteiger partial charge in [0, 0.05) is 37.6 Å². The Hall–Kier alpha value is -3.52. The topological polar surface area (TPSA) is 6.48 Å². The van der Waals surface area contributed by atoms with Crippen molar-refractivity contribution in [3.8, 4) is 0 Å². The number of fused-ring (bicyclic) bond motifs is 2. The van der Waals surface area contributed by atoms with Crippen LogP contribution in [-0.2, 0) is 26.2 Å². The van der Waals surface area contributed by atoms with Gasteiger partial charge in [-0.2, -0.15) is 0 Å². The summed E-state index contributed by atoms with van der Waals surface area (Å²) in [5, 5.41) is 0. The van der Waals surface area contributed by atoms with E-state index < -0.39 is 0 Å². The van der Waals surface area contributed by atoms with Crippen molar-refractivity contribution in [2.45, 2.75) is 81.6 Å². The van der Waals surface area contributed by atoms with Gasteiger partial charge in [-0.1, -0.05) is 48.5 Å². The molecule has 2 nitrogen and oxygen atoms in total. The summed E-state index contributed by atoms with van der Waals surface area (Å²) in [5.41, 5.74) is 19.4. The Kier molecular flexibility index (Phi) is 7.09. The minimum absolute atomic E-state index is 0.903. The maximum Gasteiger partial charge on any atom is 0.0439 e. The molecule has 5 rings (SSSR count). The Morgan fingerprint density at radius 2 is 0.632 bits per heavy atom. The van der Waals surface area contributed by atoms with Crippen LogP contribution < -0.4 is 9.80 Å². The SMILES string of the molecule is Cc1ccc(C)c(N2Cc3c(C)ccc(C)c3CN(c3cc(C)ccc3C)Cc3c(C)ccc(C)c3C2)c1. The first kappa shape index (κ1) is 26.1. The van der Waals surface area contributed by atoms with E-state index in [2.05, 4.69) is 126 Å². The quantitative estimate of drug-likeness (QED) is 0.270. The summed E-state index contributed by atoms with van der Waals surface area (Å²) in [7, 11) is 0. The summed E-state index contributed by atoms with van der Waals surface area (Å²) >= 11 is 0. The summed E-state index contributed by atoms with van der Waals surface area (Å²) in [6, 6.07) is 23.0. The van der Waals surface area contributed by atoms with E-state index in [4.69, 9.17) is 0 Å². The van der Waals surface area contributed by atoms with Crippen molar-refractivity contribution in [3.05, 3.63) is 127 Å². The van der Waals surface area contributed by atoms with Crippen LogP contribution in [0.1, 0.15) is 66.8 Å². The predicted octanol–water partition coefficient (Wildman–Crippen LogP) is 8.88. The third-order valence-electron chi connectivity index (χ3n) is 8.61. The molecule has 0 spiro atoms. The highest BCUT2D eigenvalue weighted by atomic mass is 15.2. The fraction of sp³-hybridized carbons (Fsp3) is 0.333. The highest BCUT2D eigenvalue weighted by Crippen LogP contribution is 2.35. The number of hydrogen-bond acceptors (Lipinski definition) is 2. The van der Waals surface area contributed by atoms with Crippen molar-refractivity contribution < 1.29 is 0 Å². The largest absolute Gasteiger partial charge is 0.363 e. The van der Waals surface area contributed by atoms with Gasteiger partial charge in [0.15, 0.2) is 0 Å². The second-order valence-corrected chi connectivity index (χ2v) is 11.6. The van der Waals surface area contributed by atoms with Crippen LogP contribution in [-0.4, -0.2) is 0 Å². The van der Waals surface area contributed by atoms with Gasteiger partial charge in [0.1, 0.15) is 0 Å². The summed E-state index contributed by atoms with van der Waals surface area (Å²) in [4.78, 5) is 5.26. The third-order valence-corrected chi connectivity index (χ3v) is 8.61. The van der Waals surface area contributed by atoms with Gasteiger partial charge in [-0.15, -0.1) is 0 Å². The van der Waals surface area contributed by atoms with E-state index >= 15 is 0 Å². The van der Waals surface area contributed by atoms with E-state index in [9.17, 15) is 0 Å². The zero-order valence-corrected chi connectivity index (χ0v) is 24.5. The molecule has 0 unspecified atom stereocenters. The zero-order valence-electron chi connectivity index (χ0n) is 24.5. The van der Waals surface area contributed by atoms with Crippen LogP contribution in [0, 0.1) is 55.4 Å². The molecule has 4 aromatic rings. The van der Waals surface area contributed by atoms with Crippen molar-refractivity contribution in [2.24, 2.45) is 0 Å². The molecule has 2 heteroatoms. The molecule has 0 aromatic heterocycles. The number of nitrogens with zero attached hydrogens (tertiary/aromatic N) is 2. The fourth-order valence-corrected chi connectivity index (χ4v) is 6.07. The Morgan fingerprint density at radius 1 is 0.368 bits per heavy atom. The first-order chi connectivity index (χ1) is 18.1. The van der Waals surface area contributed by atoms with Crippen molar-refractivity contribution in [1.29, 1.82) is 0 Å². The monoisotopic (exact) mass is 502 g/mol. The van der Waals surface area contributed by atoms with Crippen molar-refractivity contribution >= 4 is 11.4 Å². The highest BCUT2D eigenvalue weighted by Gasteiger charge is 2.24. The molecule has 0 saturated heterocycles. The molecule has 0 aliphatic carbocycles. The van der Waals surface area contributed by atoms with E-state index in [-0.39, 0.29) is 0 Å². The van der Waals surface area contributed by atoms with Gasteiger partial charge in [-0.05, 0) is 134 Å². The lowest BCUT2D eigenvalue weighted by Crippen LogP contribution is -2.31. The molecule has 196 valence electrons. The van der Waals surface area contributed by atoms with Gasteiger partial charge in [0.05, 0.1) is 0 Å². The molecule has 4 aromatic carbocycles. The van der Waals surface area contributed by atoms with E-state index in [1.54, 1.807) is 0 Å². The first-order valence-electron chi connectivity index (χ1n) is 13.9. The van der Waals surface area contributed by atoms with Crippen LogP contribution in [0.4, 0.5) is 11.4 Å². The second kappa shape index (κ2) is 10.3. The smallest absolute Gasteiger partial charge is 0.0439 e. The number of benzene rings is 4. The molecule has 38 heavy (non-hydrogen) atoms. The average Bonchev–Trinajstić information content (AvgIpc) is 2.88. The third kappa shape index (κ3) is 4.97. The summed E-state index contributed by atoms with van der Waals surface area (Å²) in [6.07, 6.45) is 0. The van der Waals surface area contributed by atoms with Gasteiger partial charge in [-0.3, -0.25) is 0 Å². The van der Waals surface area contributed by atoms with Crippen molar-refractivity contribution in [1.82, 2.24) is 0 Å². The van der Waals surface area contributed by atoms with Crippen LogP contribution in [0.2, 0.25) is 0 Å². The Balaban J connectivity index is 1.76. The van der Waals surface area contributed by atoms with Crippen LogP contribution in [0.3, 0.4) is 0 Å². The summed E-state index contributed by atoms with van der Waals surface area (Å²) in [6.45, 7) is 21.7. The molecule has 0 fully saturated rings. The maximum absolute atomic E-state index is 2.63. The molecule has 1 heterocycles. The van der Waals surface area contributed by atoms with E-state index in [1.165, 1.54) is 78.1 Å².